The average Bonchev–Trinajstić information content (AvgIpc) is 2.85. The van der Waals surface area contributed by atoms with Gasteiger partial charge in [-0.05, 0) is 46.2 Å². The van der Waals surface area contributed by atoms with E-state index >= 15 is 0 Å². The molecule has 0 fully saturated rings. The smallest absolute Gasteiger partial charge is 0.0247 e. The number of hydrogen-bond donors (Lipinski definition) is 0. The zero-order valence-corrected chi connectivity index (χ0v) is 18.3. The molecule has 0 aromatic heterocycles. The average molecular weight is 530 g/mol. The van der Waals surface area contributed by atoms with Gasteiger partial charge in [0.15, 0.2) is 0 Å². The summed E-state index contributed by atoms with van der Waals surface area (Å²) in [5.74, 6) is 0. The van der Waals surface area contributed by atoms with Crippen molar-refractivity contribution in [3.8, 4) is 11.1 Å². The van der Waals surface area contributed by atoms with E-state index in [9.17, 15) is 0 Å². The van der Waals surface area contributed by atoms with Crippen molar-refractivity contribution in [3.05, 3.63) is 58.7 Å². The number of halogens is 2. The van der Waals surface area contributed by atoms with Crippen LogP contribution in [0.15, 0.2) is 36.4 Å². The Balaban J connectivity index is 2.28. The van der Waals surface area contributed by atoms with Crippen LogP contribution in [-0.4, -0.2) is 0 Å². The topological polar surface area (TPSA) is 0 Å². The number of benzene rings is 2. The summed E-state index contributed by atoms with van der Waals surface area (Å²) < 4.78 is 2.18. The third-order valence-electron chi connectivity index (χ3n) is 5.15. The number of alkyl halides is 2. The van der Waals surface area contributed by atoms with Gasteiger partial charge in [-0.1, -0.05) is 108 Å². The summed E-state index contributed by atoms with van der Waals surface area (Å²) in [4.78, 5) is 0. The Morgan fingerprint density at radius 1 is 0.739 bits per heavy atom. The molecule has 0 saturated heterocycles. The first kappa shape index (κ1) is 17.7. The first-order valence-electron chi connectivity index (χ1n) is 8.59. The van der Waals surface area contributed by atoms with Crippen molar-refractivity contribution in [2.24, 2.45) is 0 Å². The lowest BCUT2D eigenvalue weighted by atomic mass is 9.71. The highest BCUT2D eigenvalue weighted by atomic mass is 127. The molecule has 0 spiro atoms. The molecule has 0 N–H and O–H groups in total. The third-order valence-corrected chi connectivity index (χ3v) is 6.91. The van der Waals surface area contributed by atoms with Crippen LogP contribution < -0.4 is 0 Å². The fraction of sp³-hybridized carbons (Fsp3) is 0.429. The van der Waals surface area contributed by atoms with E-state index in [4.69, 9.17) is 0 Å². The Kier molecular flexibility index (Phi) is 5.72. The van der Waals surface area contributed by atoms with Gasteiger partial charge in [0, 0.05) is 14.3 Å². The van der Waals surface area contributed by atoms with E-state index in [0.29, 0.717) is 0 Å². The van der Waals surface area contributed by atoms with Crippen LogP contribution in [-0.2, 0) is 14.3 Å². The summed E-state index contributed by atoms with van der Waals surface area (Å²) in [6, 6.07) is 14.4. The van der Waals surface area contributed by atoms with Gasteiger partial charge in [-0.3, -0.25) is 0 Å². The molecule has 0 aliphatic heterocycles. The lowest BCUT2D eigenvalue weighted by molar-refractivity contribution is 0.435. The first-order valence-corrected chi connectivity index (χ1v) is 11.6. The van der Waals surface area contributed by atoms with E-state index < -0.39 is 0 Å². The summed E-state index contributed by atoms with van der Waals surface area (Å²) >= 11 is 4.97. The van der Waals surface area contributed by atoms with Crippen LogP contribution in [0.3, 0.4) is 0 Å². The van der Waals surface area contributed by atoms with Gasteiger partial charge >= 0.3 is 0 Å². The molecule has 2 heteroatoms. The van der Waals surface area contributed by atoms with Gasteiger partial charge in [0.1, 0.15) is 0 Å². The second-order valence-corrected chi connectivity index (χ2v) is 8.13. The maximum Gasteiger partial charge on any atom is 0.0247 e. The van der Waals surface area contributed by atoms with Crippen LogP contribution in [0.4, 0.5) is 0 Å². The minimum atomic E-state index is 0.234. The second kappa shape index (κ2) is 7.42. The standard InChI is InChI=1S/C21H24I2/c1-3-9-21(10-4-2)19-11-15(13-22)5-7-17(19)18-8-6-16(14-23)12-20(18)21/h5-8,11-12H,3-4,9-10,13-14H2,1-2H3. The Morgan fingerprint density at radius 2 is 1.17 bits per heavy atom. The molecule has 23 heavy (non-hydrogen) atoms. The molecule has 0 amide bonds. The molecule has 0 nitrogen and oxygen atoms in total. The van der Waals surface area contributed by atoms with Crippen LogP contribution in [0.1, 0.15) is 61.8 Å². The second-order valence-electron chi connectivity index (χ2n) is 6.61. The molecule has 0 unspecified atom stereocenters. The zero-order chi connectivity index (χ0) is 16.4. The van der Waals surface area contributed by atoms with Gasteiger partial charge in [0.25, 0.3) is 0 Å². The summed E-state index contributed by atoms with van der Waals surface area (Å²) in [6.45, 7) is 4.67. The lowest BCUT2D eigenvalue weighted by Gasteiger charge is -2.32. The summed E-state index contributed by atoms with van der Waals surface area (Å²) in [5, 5.41) is 0. The highest BCUT2D eigenvalue weighted by Crippen LogP contribution is 2.54. The SMILES string of the molecule is CCCC1(CCC)c2cc(CI)ccc2-c2ccc(CI)cc21. The van der Waals surface area contributed by atoms with Gasteiger partial charge in [0.2, 0.25) is 0 Å². The first-order chi connectivity index (χ1) is 11.2. The molecule has 0 atom stereocenters. The zero-order valence-electron chi connectivity index (χ0n) is 14.0. The minimum Gasteiger partial charge on any atom is -0.0812 e. The molecular formula is C21H24I2. The summed E-state index contributed by atoms with van der Waals surface area (Å²) in [5.41, 5.74) is 9.31. The summed E-state index contributed by atoms with van der Waals surface area (Å²) in [6.07, 6.45) is 5.00. The molecule has 1 aliphatic rings. The highest BCUT2D eigenvalue weighted by Gasteiger charge is 2.41. The van der Waals surface area contributed by atoms with Crippen molar-refractivity contribution in [1.82, 2.24) is 0 Å². The normalized spacial score (nSPS) is 14.6. The van der Waals surface area contributed by atoms with E-state index in [1.165, 1.54) is 47.9 Å². The van der Waals surface area contributed by atoms with Crippen LogP contribution in [0, 0.1) is 0 Å². The van der Waals surface area contributed by atoms with Gasteiger partial charge in [-0.15, -0.1) is 0 Å². The molecule has 0 saturated carbocycles. The van der Waals surface area contributed by atoms with Crippen LogP contribution in [0.25, 0.3) is 11.1 Å². The minimum absolute atomic E-state index is 0.234. The molecular weight excluding hydrogens is 506 g/mol. The van der Waals surface area contributed by atoms with Crippen LogP contribution >= 0.6 is 45.2 Å². The maximum atomic E-state index is 2.50. The number of fused-ring (bicyclic) bond motifs is 3. The fourth-order valence-corrected chi connectivity index (χ4v) is 5.22. The predicted octanol–water partition coefficient (Wildman–Crippen LogP) is 7.42. The third kappa shape index (κ3) is 2.99. The Morgan fingerprint density at radius 3 is 1.52 bits per heavy atom. The molecule has 1 aliphatic carbocycles. The van der Waals surface area contributed by atoms with Gasteiger partial charge in [0.05, 0.1) is 0 Å². The maximum absolute atomic E-state index is 2.50. The van der Waals surface area contributed by atoms with Crippen molar-refractivity contribution in [2.45, 2.75) is 53.8 Å². The van der Waals surface area contributed by atoms with Crippen molar-refractivity contribution in [2.75, 3.05) is 0 Å². The van der Waals surface area contributed by atoms with Crippen LogP contribution in [0.2, 0.25) is 0 Å². The predicted molar refractivity (Wildman–Crippen MR) is 118 cm³/mol. The quantitative estimate of drug-likeness (QED) is 0.270. The molecule has 2 aromatic rings. The van der Waals surface area contributed by atoms with E-state index in [1.54, 1.807) is 11.1 Å². The molecule has 2 aromatic carbocycles. The van der Waals surface area contributed by atoms with Crippen molar-refractivity contribution >= 4 is 45.2 Å². The van der Waals surface area contributed by atoms with Gasteiger partial charge < -0.3 is 0 Å². The van der Waals surface area contributed by atoms with Crippen molar-refractivity contribution < 1.29 is 0 Å². The largest absolute Gasteiger partial charge is 0.0812 e. The Labute approximate surface area is 167 Å². The number of rotatable bonds is 6. The molecule has 0 bridgehead atoms. The monoisotopic (exact) mass is 530 g/mol. The number of hydrogen-bond acceptors (Lipinski definition) is 0. The lowest BCUT2D eigenvalue weighted by Crippen LogP contribution is -2.25. The van der Waals surface area contributed by atoms with E-state index in [0.717, 1.165) is 8.86 Å². The molecule has 122 valence electrons. The highest BCUT2D eigenvalue weighted by molar-refractivity contribution is 14.1. The molecule has 0 heterocycles. The summed E-state index contributed by atoms with van der Waals surface area (Å²) in [7, 11) is 0. The molecule has 0 radical (unpaired) electrons. The van der Waals surface area contributed by atoms with Gasteiger partial charge in [-0.25, -0.2) is 0 Å². The Bertz CT molecular complexity index is 641. The van der Waals surface area contributed by atoms with Crippen molar-refractivity contribution in [3.63, 3.8) is 0 Å². The van der Waals surface area contributed by atoms with E-state index in [1.807, 2.05) is 0 Å². The Hall–Kier alpha value is -0.100. The van der Waals surface area contributed by atoms with Crippen LogP contribution in [0.5, 0.6) is 0 Å². The van der Waals surface area contributed by atoms with E-state index in [-0.39, 0.29) is 5.41 Å². The van der Waals surface area contributed by atoms with Crippen molar-refractivity contribution in [1.29, 1.82) is 0 Å². The molecule has 3 rings (SSSR count). The van der Waals surface area contributed by atoms with Gasteiger partial charge in [-0.2, -0.15) is 0 Å². The fourth-order valence-electron chi connectivity index (χ4n) is 4.27. The van der Waals surface area contributed by atoms with E-state index in [2.05, 4.69) is 95.4 Å².